The minimum absolute atomic E-state index is 0.00246. The van der Waals surface area contributed by atoms with Crippen LogP contribution in [0, 0.1) is 0 Å². The number of aromatic nitrogens is 3. The third-order valence-electron chi connectivity index (χ3n) is 4.22. The summed E-state index contributed by atoms with van der Waals surface area (Å²) in [6.45, 7) is 5.71. The first-order valence-corrected chi connectivity index (χ1v) is 9.72. The molecule has 1 saturated heterocycles. The lowest BCUT2D eigenvalue weighted by Gasteiger charge is -2.29. The van der Waals surface area contributed by atoms with Gasteiger partial charge in [-0.15, -0.1) is 0 Å². The Morgan fingerprint density at radius 2 is 1.92 bits per heavy atom. The van der Waals surface area contributed by atoms with Gasteiger partial charge in [-0.3, -0.25) is 0 Å². The van der Waals surface area contributed by atoms with Gasteiger partial charge in [0.15, 0.2) is 5.03 Å². The Kier molecular flexibility index (Phi) is 4.95. The molecule has 3 rings (SSSR count). The molecule has 1 fully saturated rings. The molecule has 0 spiro atoms. The van der Waals surface area contributed by atoms with Crippen molar-refractivity contribution in [3.05, 3.63) is 41.4 Å². The van der Waals surface area contributed by atoms with Gasteiger partial charge in [-0.2, -0.15) is 0 Å². The minimum Gasteiger partial charge on any atom is -0.378 e. The molecule has 2 aromatic rings. The average molecular weight is 383 g/mol. The third kappa shape index (κ3) is 3.47. The molecule has 3 heterocycles. The van der Waals surface area contributed by atoms with Crippen LogP contribution in [-0.2, 0) is 19.3 Å². The number of morpholine rings is 1. The van der Waals surface area contributed by atoms with E-state index in [4.69, 9.17) is 16.3 Å². The van der Waals surface area contributed by atoms with Crippen LogP contribution in [-0.4, -0.2) is 49.7 Å². The highest BCUT2D eigenvalue weighted by Gasteiger charge is 2.40. The summed E-state index contributed by atoms with van der Waals surface area (Å²) in [5.41, 5.74) is 0.333. The quantitative estimate of drug-likeness (QED) is 0.748. The number of rotatable bonds is 4. The Balaban J connectivity index is 2.03. The van der Waals surface area contributed by atoms with E-state index in [9.17, 15) is 8.42 Å². The van der Waals surface area contributed by atoms with Gasteiger partial charge in [0.05, 0.1) is 18.9 Å². The van der Waals surface area contributed by atoms with Crippen LogP contribution in [0.2, 0.25) is 5.28 Å². The number of hydrogen-bond acceptors (Lipinski definition) is 7. The molecular weight excluding hydrogens is 364 g/mol. The van der Waals surface area contributed by atoms with Gasteiger partial charge in [0.2, 0.25) is 15.1 Å². The Morgan fingerprint density at radius 3 is 2.56 bits per heavy atom. The van der Waals surface area contributed by atoms with E-state index < -0.39 is 14.6 Å². The zero-order valence-electron chi connectivity index (χ0n) is 14.0. The van der Waals surface area contributed by atoms with Crippen LogP contribution in [0.25, 0.3) is 0 Å². The van der Waals surface area contributed by atoms with Crippen molar-refractivity contribution < 1.29 is 13.2 Å². The highest BCUT2D eigenvalue weighted by molar-refractivity contribution is 7.92. The van der Waals surface area contributed by atoms with E-state index in [1.54, 1.807) is 32.0 Å². The predicted molar refractivity (Wildman–Crippen MR) is 94.5 cm³/mol. The second-order valence-electron chi connectivity index (χ2n) is 6.16. The van der Waals surface area contributed by atoms with Crippen molar-refractivity contribution in [2.45, 2.75) is 23.6 Å². The fourth-order valence-electron chi connectivity index (χ4n) is 2.57. The van der Waals surface area contributed by atoms with Gasteiger partial charge < -0.3 is 9.64 Å². The SMILES string of the molecule is CC(C)(c1cc(N2CCOCC2)nc(Cl)n1)S(=O)(=O)c1ccccn1. The number of anilines is 1. The molecule has 0 saturated carbocycles. The number of sulfone groups is 1. The lowest BCUT2D eigenvalue weighted by molar-refractivity contribution is 0.122. The maximum atomic E-state index is 13.1. The van der Waals surface area contributed by atoms with Crippen LogP contribution in [0.15, 0.2) is 35.5 Å². The Labute approximate surface area is 151 Å². The van der Waals surface area contributed by atoms with Crippen molar-refractivity contribution in [2.24, 2.45) is 0 Å². The molecule has 0 aliphatic carbocycles. The van der Waals surface area contributed by atoms with E-state index in [0.717, 1.165) is 0 Å². The van der Waals surface area contributed by atoms with Crippen LogP contribution in [0.4, 0.5) is 5.82 Å². The highest BCUT2D eigenvalue weighted by atomic mass is 35.5. The summed E-state index contributed by atoms with van der Waals surface area (Å²) in [6.07, 6.45) is 1.45. The summed E-state index contributed by atoms with van der Waals surface area (Å²) in [6, 6.07) is 6.46. The zero-order chi connectivity index (χ0) is 18.1. The van der Waals surface area contributed by atoms with Crippen LogP contribution >= 0.6 is 11.6 Å². The molecule has 2 aromatic heterocycles. The van der Waals surface area contributed by atoms with E-state index in [1.165, 1.54) is 12.3 Å². The molecule has 0 bridgehead atoms. The fraction of sp³-hybridized carbons (Fsp3) is 0.438. The monoisotopic (exact) mass is 382 g/mol. The van der Waals surface area contributed by atoms with Gasteiger partial charge in [0.1, 0.15) is 10.6 Å². The Bertz CT molecular complexity index is 853. The summed E-state index contributed by atoms with van der Waals surface area (Å²) >= 11 is 6.08. The van der Waals surface area contributed by atoms with Crippen LogP contribution in [0.5, 0.6) is 0 Å². The van der Waals surface area contributed by atoms with Gasteiger partial charge in [0, 0.05) is 25.4 Å². The maximum absolute atomic E-state index is 13.1. The number of nitrogens with zero attached hydrogens (tertiary/aromatic N) is 4. The van der Waals surface area contributed by atoms with Crippen molar-refractivity contribution in [3.8, 4) is 0 Å². The predicted octanol–water partition coefficient (Wildman–Crippen LogP) is 2.07. The topological polar surface area (TPSA) is 85.3 Å². The minimum atomic E-state index is -3.76. The molecule has 0 amide bonds. The van der Waals surface area contributed by atoms with Gasteiger partial charge in [-0.05, 0) is 37.6 Å². The largest absolute Gasteiger partial charge is 0.378 e. The molecule has 0 unspecified atom stereocenters. The molecule has 0 radical (unpaired) electrons. The smallest absolute Gasteiger partial charge is 0.224 e. The number of ether oxygens (including phenoxy) is 1. The first kappa shape index (κ1) is 18.0. The second-order valence-corrected chi connectivity index (χ2v) is 8.95. The van der Waals surface area contributed by atoms with Gasteiger partial charge >= 0.3 is 0 Å². The normalized spacial score (nSPS) is 16.0. The van der Waals surface area contributed by atoms with Gasteiger partial charge in [-0.25, -0.2) is 23.4 Å². The average Bonchev–Trinajstić information content (AvgIpc) is 2.62. The lowest BCUT2D eigenvalue weighted by atomic mass is 10.1. The Morgan fingerprint density at radius 1 is 1.20 bits per heavy atom. The molecule has 7 nitrogen and oxygen atoms in total. The van der Waals surface area contributed by atoms with Crippen LogP contribution < -0.4 is 4.90 Å². The van der Waals surface area contributed by atoms with E-state index in [0.29, 0.717) is 37.8 Å². The van der Waals surface area contributed by atoms with Crippen molar-refractivity contribution in [1.29, 1.82) is 0 Å². The third-order valence-corrected chi connectivity index (χ3v) is 6.74. The lowest BCUT2D eigenvalue weighted by Crippen LogP contribution is -2.37. The first-order chi connectivity index (χ1) is 11.8. The molecule has 134 valence electrons. The summed E-state index contributed by atoms with van der Waals surface area (Å²) in [5.74, 6) is 0.600. The molecule has 1 aliphatic heterocycles. The molecule has 0 atom stereocenters. The zero-order valence-corrected chi connectivity index (χ0v) is 15.6. The number of halogens is 1. The highest BCUT2D eigenvalue weighted by Crippen LogP contribution is 2.34. The van der Waals surface area contributed by atoms with Crippen molar-refractivity contribution in [2.75, 3.05) is 31.2 Å². The molecule has 0 N–H and O–H groups in total. The van der Waals surface area contributed by atoms with Crippen LogP contribution in [0.3, 0.4) is 0 Å². The van der Waals surface area contributed by atoms with Gasteiger partial charge in [0.25, 0.3) is 0 Å². The maximum Gasteiger partial charge on any atom is 0.224 e. The number of hydrogen-bond donors (Lipinski definition) is 0. The van der Waals surface area contributed by atoms with Gasteiger partial charge in [-0.1, -0.05) is 6.07 Å². The van der Waals surface area contributed by atoms with E-state index in [2.05, 4.69) is 15.0 Å². The van der Waals surface area contributed by atoms with E-state index >= 15 is 0 Å². The van der Waals surface area contributed by atoms with Crippen molar-refractivity contribution in [3.63, 3.8) is 0 Å². The van der Waals surface area contributed by atoms with Crippen molar-refractivity contribution >= 4 is 27.3 Å². The fourth-order valence-corrected chi connectivity index (χ4v) is 4.11. The summed E-state index contributed by atoms with van der Waals surface area (Å²) < 4.78 is 30.1. The molecular formula is C16H19ClN4O3S. The molecule has 9 heteroatoms. The molecule has 0 aromatic carbocycles. The first-order valence-electron chi connectivity index (χ1n) is 7.86. The number of pyridine rings is 1. The van der Waals surface area contributed by atoms with Crippen molar-refractivity contribution in [1.82, 2.24) is 15.0 Å². The summed E-state index contributed by atoms with van der Waals surface area (Å²) in [5, 5.41) is 0.0194. The van der Waals surface area contributed by atoms with E-state index in [-0.39, 0.29) is 10.3 Å². The standard InChI is InChI=1S/C16H19ClN4O3S/c1-16(2,25(22,23)14-5-3-4-6-18-14)12-11-13(20-15(17)19-12)21-7-9-24-10-8-21/h3-6,11H,7-10H2,1-2H3. The summed E-state index contributed by atoms with van der Waals surface area (Å²) in [7, 11) is -3.76. The van der Waals surface area contributed by atoms with Crippen LogP contribution in [0.1, 0.15) is 19.5 Å². The molecule has 1 aliphatic rings. The van der Waals surface area contributed by atoms with E-state index in [1.807, 2.05) is 4.90 Å². The summed E-state index contributed by atoms with van der Waals surface area (Å²) in [4.78, 5) is 14.4. The Hall–Kier alpha value is -1.77. The molecule has 25 heavy (non-hydrogen) atoms. The second kappa shape index (κ2) is 6.86.